The van der Waals surface area contributed by atoms with Crippen molar-refractivity contribution in [1.82, 2.24) is 0 Å². The molecule has 1 nitrogen and oxygen atoms in total. The van der Waals surface area contributed by atoms with Crippen molar-refractivity contribution < 1.29 is 4.79 Å². The van der Waals surface area contributed by atoms with E-state index < -0.39 is 0 Å². The molecule has 0 aliphatic heterocycles. The number of carbonyl (C=O) groups is 1. The van der Waals surface area contributed by atoms with Crippen LogP contribution in [0.3, 0.4) is 0 Å². The normalized spacial score (nSPS) is 10.9. The zero-order chi connectivity index (χ0) is 9.84. The molecule has 0 N–H and O–H groups in total. The molecule has 86 valence electrons. The standard InChI is InChI=1S/C11H14OS.2CH4/c1-3-8(2)9-4-6-10(7-5-9)11(12)13;;/h4-8H,3H2,1-2H3,(H,12,13);2*1H4. The highest BCUT2D eigenvalue weighted by Crippen LogP contribution is 2.19. The second-order valence-electron chi connectivity index (χ2n) is 3.24. The predicted octanol–water partition coefficient (Wildman–Crippen LogP) is 4.54. The summed E-state index contributed by atoms with van der Waals surface area (Å²) >= 11 is 3.76. The molecule has 0 bridgehead atoms. The van der Waals surface area contributed by atoms with Crippen LogP contribution in [-0.4, -0.2) is 5.12 Å². The molecule has 0 amide bonds. The van der Waals surface area contributed by atoms with Gasteiger partial charge in [-0.1, -0.05) is 53.0 Å². The average molecular weight is 226 g/mol. The van der Waals surface area contributed by atoms with Gasteiger partial charge in [-0.2, -0.15) is 0 Å². The van der Waals surface area contributed by atoms with Crippen LogP contribution in [0.25, 0.3) is 0 Å². The van der Waals surface area contributed by atoms with Gasteiger partial charge in [0, 0.05) is 5.56 Å². The molecule has 2 heteroatoms. The van der Waals surface area contributed by atoms with Gasteiger partial charge in [0.1, 0.15) is 0 Å². The third-order valence-corrected chi connectivity index (χ3v) is 2.60. The van der Waals surface area contributed by atoms with Crippen LogP contribution in [0.2, 0.25) is 0 Å². The Balaban J connectivity index is 0. The smallest absolute Gasteiger partial charge is 0.216 e. The van der Waals surface area contributed by atoms with Crippen molar-refractivity contribution in [3.8, 4) is 0 Å². The van der Waals surface area contributed by atoms with E-state index in [1.165, 1.54) is 5.56 Å². The molecule has 1 aromatic carbocycles. The maximum atomic E-state index is 10.9. The van der Waals surface area contributed by atoms with Crippen molar-refractivity contribution >= 4 is 17.7 Å². The van der Waals surface area contributed by atoms with E-state index in [9.17, 15) is 4.79 Å². The van der Waals surface area contributed by atoms with Crippen LogP contribution in [0.4, 0.5) is 0 Å². The first kappa shape index (κ1) is 16.7. The zero-order valence-electron chi connectivity index (χ0n) is 7.95. The third-order valence-electron chi connectivity index (χ3n) is 2.34. The topological polar surface area (TPSA) is 17.1 Å². The van der Waals surface area contributed by atoms with E-state index in [0.717, 1.165) is 6.42 Å². The second kappa shape index (κ2) is 7.52. The van der Waals surface area contributed by atoms with Crippen LogP contribution in [-0.2, 0) is 0 Å². The van der Waals surface area contributed by atoms with E-state index >= 15 is 0 Å². The van der Waals surface area contributed by atoms with Gasteiger partial charge in [0.05, 0.1) is 0 Å². The molecular weight excluding hydrogens is 204 g/mol. The highest BCUT2D eigenvalue weighted by molar-refractivity contribution is 7.97. The summed E-state index contributed by atoms with van der Waals surface area (Å²) in [5, 5.41) is -0.171. The summed E-state index contributed by atoms with van der Waals surface area (Å²) in [6.45, 7) is 4.33. The molecule has 1 aromatic rings. The van der Waals surface area contributed by atoms with Crippen molar-refractivity contribution in [3.05, 3.63) is 35.4 Å². The maximum absolute atomic E-state index is 10.9. The van der Waals surface area contributed by atoms with Crippen molar-refractivity contribution in [2.75, 3.05) is 0 Å². The van der Waals surface area contributed by atoms with Crippen LogP contribution in [0.1, 0.15) is 57.0 Å². The van der Waals surface area contributed by atoms with E-state index in [4.69, 9.17) is 0 Å². The van der Waals surface area contributed by atoms with E-state index in [-0.39, 0.29) is 20.0 Å². The Morgan fingerprint density at radius 1 is 1.27 bits per heavy atom. The van der Waals surface area contributed by atoms with E-state index in [1.807, 2.05) is 24.3 Å². The molecule has 15 heavy (non-hydrogen) atoms. The largest absolute Gasteiger partial charge is 0.282 e. The number of thiol groups is 1. The first-order valence-corrected chi connectivity index (χ1v) is 4.93. The fraction of sp³-hybridized carbons (Fsp3) is 0.462. The van der Waals surface area contributed by atoms with Gasteiger partial charge >= 0.3 is 0 Å². The third kappa shape index (κ3) is 4.52. The summed E-state index contributed by atoms with van der Waals surface area (Å²) < 4.78 is 0. The van der Waals surface area contributed by atoms with E-state index in [0.29, 0.717) is 11.5 Å². The molecule has 0 spiro atoms. The van der Waals surface area contributed by atoms with Gasteiger partial charge in [-0.15, -0.1) is 12.6 Å². The first-order valence-electron chi connectivity index (χ1n) is 4.48. The number of hydrogen-bond acceptors (Lipinski definition) is 1. The minimum Gasteiger partial charge on any atom is -0.282 e. The van der Waals surface area contributed by atoms with Crippen LogP contribution in [0.15, 0.2) is 24.3 Å². The molecular formula is C13H22OS. The Bertz CT molecular complexity index is 290. The summed E-state index contributed by atoms with van der Waals surface area (Å²) in [7, 11) is 0. The van der Waals surface area contributed by atoms with E-state index in [2.05, 4.69) is 26.5 Å². The van der Waals surface area contributed by atoms with Gasteiger partial charge in [-0.05, 0) is 17.9 Å². The second-order valence-corrected chi connectivity index (χ2v) is 3.64. The lowest BCUT2D eigenvalue weighted by Gasteiger charge is -2.08. The summed E-state index contributed by atoms with van der Waals surface area (Å²) in [4.78, 5) is 10.9. The van der Waals surface area contributed by atoms with Crippen LogP contribution in [0, 0.1) is 0 Å². The molecule has 0 saturated carbocycles. The van der Waals surface area contributed by atoms with Gasteiger partial charge in [0.25, 0.3) is 0 Å². The Morgan fingerprint density at radius 3 is 2.07 bits per heavy atom. The lowest BCUT2D eigenvalue weighted by Crippen LogP contribution is -1.93. The highest BCUT2D eigenvalue weighted by atomic mass is 32.1. The SMILES string of the molecule is C.C.CCC(C)c1ccc(C(=O)S)cc1. The van der Waals surface area contributed by atoms with Crippen molar-refractivity contribution in [2.45, 2.75) is 41.0 Å². The number of hydrogen-bond donors (Lipinski definition) is 1. The number of carbonyl (C=O) groups excluding carboxylic acids is 1. The molecule has 0 aromatic heterocycles. The number of benzene rings is 1. The van der Waals surface area contributed by atoms with Crippen molar-refractivity contribution in [1.29, 1.82) is 0 Å². The van der Waals surface area contributed by atoms with Gasteiger partial charge in [0.2, 0.25) is 5.12 Å². The fourth-order valence-electron chi connectivity index (χ4n) is 1.19. The zero-order valence-corrected chi connectivity index (χ0v) is 8.84. The Labute approximate surface area is 99.3 Å². The quantitative estimate of drug-likeness (QED) is 0.749. The molecule has 1 unspecified atom stereocenters. The van der Waals surface area contributed by atoms with Crippen LogP contribution in [0.5, 0.6) is 0 Å². The monoisotopic (exact) mass is 226 g/mol. The molecule has 1 rings (SSSR count). The lowest BCUT2D eigenvalue weighted by molar-refractivity contribution is 0.109. The van der Waals surface area contributed by atoms with Crippen LogP contribution < -0.4 is 0 Å². The average Bonchev–Trinajstić information content (AvgIpc) is 2.17. The van der Waals surface area contributed by atoms with Gasteiger partial charge in [-0.25, -0.2) is 0 Å². The van der Waals surface area contributed by atoms with Crippen molar-refractivity contribution in [3.63, 3.8) is 0 Å². The summed E-state index contributed by atoms with van der Waals surface area (Å²) in [6.07, 6.45) is 1.12. The predicted molar refractivity (Wildman–Crippen MR) is 71.9 cm³/mol. The molecule has 0 fully saturated rings. The van der Waals surface area contributed by atoms with Gasteiger partial charge in [0.15, 0.2) is 0 Å². The molecule has 1 atom stereocenters. The van der Waals surface area contributed by atoms with Gasteiger partial charge in [-0.3, -0.25) is 4.79 Å². The maximum Gasteiger partial charge on any atom is 0.216 e. The minimum absolute atomic E-state index is 0. The highest BCUT2D eigenvalue weighted by Gasteiger charge is 2.03. The van der Waals surface area contributed by atoms with Crippen molar-refractivity contribution in [2.24, 2.45) is 0 Å². The minimum atomic E-state index is -0.171. The van der Waals surface area contributed by atoms with Gasteiger partial charge < -0.3 is 0 Å². The molecule has 0 radical (unpaired) electrons. The Kier molecular flexibility index (Phi) is 8.35. The molecule has 0 heterocycles. The Hall–Kier alpha value is -0.760. The fourth-order valence-corrected chi connectivity index (χ4v) is 1.34. The lowest BCUT2D eigenvalue weighted by atomic mass is 9.98. The number of rotatable bonds is 3. The summed E-state index contributed by atoms with van der Waals surface area (Å²) in [5.41, 5.74) is 1.94. The Morgan fingerprint density at radius 2 is 1.73 bits per heavy atom. The molecule has 0 aliphatic carbocycles. The van der Waals surface area contributed by atoms with Crippen LogP contribution >= 0.6 is 12.6 Å². The molecule has 0 saturated heterocycles. The summed E-state index contributed by atoms with van der Waals surface area (Å²) in [5.74, 6) is 0.559. The first-order chi connectivity index (χ1) is 6.15. The molecule has 0 aliphatic rings. The van der Waals surface area contributed by atoms with E-state index in [1.54, 1.807) is 0 Å². The summed E-state index contributed by atoms with van der Waals surface area (Å²) in [6, 6.07) is 7.66.